The molecule has 0 aliphatic rings. The number of hydrogen-bond donors (Lipinski definition) is 2. The second-order valence-electron chi connectivity index (χ2n) is 3.96. The monoisotopic (exact) mass is 216 g/mol. The van der Waals surface area contributed by atoms with Crippen molar-refractivity contribution in [1.82, 2.24) is 9.97 Å². The molecular weight excluding hydrogens is 200 g/mol. The molecule has 0 bridgehead atoms. The van der Waals surface area contributed by atoms with E-state index < -0.39 is 0 Å². The summed E-state index contributed by atoms with van der Waals surface area (Å²) in [6, 6.07) is 8.23. The SMILES string of the molecule is Cc1cccc(N(C)c2nc(C)[nH]c2N)c1. The molecule has 4 nitrogen and oxygen atoms in total. The summed E-state index contributed by atoms with van der Waals surface area (Å²) in [4.78, 5) is 9.34. The van der Waals surface area contributed by atoms with E-state index in [1.165, 1.54) is 5.56 Å². The summed E-state index contributed by atoms with van der Waals surface area (Å²) < 4.78 is 0. The lowest BCUT2D eigenvalue weighted by Crippen LogP contribution is -2.11. The maximum absolute atomic E-state index is 5.86. The summed E-state index contributed by atoms with van der Waals surface area (Å²) in [5, 5.41) is 0. The number of nitrogen functional groups attached to an aromatic ring is 1. The fourth-order valence-corrected chi connectivity index (χ4v) is 1.71. The molecular formula is C12H16N4. The molecule has 0 saturated heterocycles. The van der Waals surface area contributed by atoms with E-state index in [1.54, 1.807) is 0 Å². The second-order valence-corrected chi connectivity index (χ2v) is 3.96. The molecule has 4 heteroatoms. The van der Waals surface area contributed by atoms with Gasteiger partial charge >= 0.3 is 0 Å². The van der Waals surface area contributed by atoms with Crippen LogP contribution >= 0.6 is 0 Å². The molecule has 0 radical (unpaired) electrons. The van der Waals surface area contributed by atoms with Crippen LogP contribution in [-0.4, -0.2) is 17.0 Å². The number of benzene rings is 1. The number of aryl methyl sites for hydroxylation is 2. The number of nitrogens with one attached hydrogen (secondary N) is 1. The number of aromatic amines is 1. The van der Waals surface area contributed by atoms with Gasteiger partial charge in [0.1, 0.15) is 11.6 Å². The van der Waals surface area contributed by atoms with Crippen LogP contribution in [0.1, 0.15) is 11.4 Å². The lowest BCUT2D eigenvalue weighted by atomic mass is 10.2. The van der Waals surface area contributed by atoms with Crippen LogP contribution in [0.15, 0.2) is 24.3 Å². The molecule has 0 aliphatic carbocycles. The number of anilines is 3. The molecule has 0 atom stereocenters. The Morgan fingerprint density at radius 1 is 1.31 bits per heavy atom. The number of nitrogens with zero attached hydrogens (tertiary/aromatic N) is 2. The zero-order valence-electron chi connectivity index (χ0n) is 9.78. The van der Waals surface area contributed by atoms with Crippen molar-refractivity contribution in [1.29, 1.82) is 0 Å². The lowest BCUT2D eigenvalue weighted by molar-refractivity contribution is 1.11. The van der Waals surface area contributed by atoms with Crippen LogP contribution in [0.5, 0.6) is 0 Å². The fourth-order valence-electron chi connectivity index (χ4n) is 1.71. The number of nitrogens with two attached hydrogens (primary N) is 1. The van der Waals surface area contributed by atoms with Gasteiger partial charge in [-0.1, -0.05) is 12.1 Å². The molecule has 2 aromatic rings. The molecule has 0 saturated carbocycles. The maximum Gasteiger partial charge on any atom is 0.175 e. The molecule has 84 valence electrons. The average molecular weight is 216 g/mol. The van der Waals surface area contributed by atoms with Crippen LogP contribution in [0.3, 0.4) is 0 Å². The largest absolute Gasteiger partial charge is 0.382 e. The van der Waals surface area contributed by atoms with Gasteiger partial charge < -0.3 is 15.6 Å². The number of hydrogen-bond acceptors (Lipinski definition) is 3. The van der Waals surface area contributed by atoms with Gasteiger partial charge in [0.2, 0.25) is 0 Å². The Kier molecular flexibility index (Phi) is 2.56. The zero-order chi connectivity index (χ0) is 11.7. The Labute approximate surface area is 95.1 Å². The molecule has 0 spiro atoms. The molecule has 0 amide bonds. The van der Waals surface area contributed by atoms with Crippen molar-refractivity contribution in [3.63, 3.8) is 0 Å². The van der Waals surface area contributed by atoms with Crippen LogP contribution in [0.25, 0.3) is 0 Å². The predicted molar refractivity (Wildman–Crippen MR) is 67.0 cm³/mol. The van der Waals surface area contributed by atoms with Crippen molar-refractivity contribution >= 4 is 17.3 Å². The van der Waals surface area contributed by atoms with Crippen molar-refractivity contribution in [3.05, 3.63) is 35.7 Å². The van der Waals surface area contributed by atoms with Crippen LogP contribution in [0.2, 0.25) is 0 Å². The molecule has 0 unspecified atom stereocenters. The molecule has 3 N–H and O–H groups in total. The van der Waals surface area contributed by atoms with E-state index in [0.717, 1.165) is 17.3 Å². The first kappa shape index (κ1) is 10.5. The molecule has 1 aromatic heterocycles. The van der Waals surface area contributed by atoms with E-state index in [-0.39, 0.29) is 0 Å². The van der Waals surface area contributed by atoms with Crippen LogP contribution in [0.4, 0.5) is 17.3 Å². The zero-order valence-corrected chi connectivity index (χ0v) is 9.78. The number of H-pyrrole nitrogens is 1. The first-order valence-electron chi connectivity index (χ1n) is 5.20. The minimum atomic E-state index is 0.599. The normalized spacial score (nSPS) is 10.4. The van der Waals surface area contributed by atoms with Gasteiger partial charge in [0.05, 0.1) is 0 Å². The quantitative estimate of drug-likeness (QED) is 0.810. The molecule has 2 rings (SSSR count). The Balaban J connectivity index is 2.38. The highest BCUT2D eigenvalue weighted by atomic mass is 15.2. The smallest absolute Gasteiger partial charge is 0.175 e. The van der Waals surface area contributed by atoms with Gasteiger partial charge in [0, 0.05) is 12.7 Å². The minimum Gasteiger partial charge on any atom is -0.382 e. The summed E-state index contributed by atoms with van der Waals surface area (Å²) in [5.74, 6) is 2.19. The Hall–Kier alpha value is -1.97. The van der Waals surface area contributed by atoms with Crippen molar-refractivity contribution in [2.75, 3.05) is 17.7 Å². The minimum absolute atomic E-state index is 0.599. The second kappa shape index (κ2) is 3.89. The standard InChI is InChI=1S/C12H16N4/c1-8-5-4-6-10(7-8)16(3)12-11(13)14-9(2)15-12/h4-7H,13H2,1-3H3,(H,14,15). The Morgan fingerprint density at radius 3 is 2.62 bits per heavy atom. The van der Waals surface area contributed by atoms with E-state index in [0.29, 0.717) is 5.82 Å². The third-order valence-electron chi connectivity index (χ3n) is 2.54. The van der Waals surface area contributed by atoms with Crippen molar-refractivity contribution in [2.45, 2.75) is 13.8 Å². The number of rotatable bonds is 2. The highest BCUT2D eigenvalue weighted by molar-refractivity contribution is 5.68. The summed E-state index contributed by atoms with van der Waals surface area (Å²) >= 11 is 0. The van der Waals surface area contributed by atoms with Gasteiger partial charge in [-0.2, -0.15) is 0 Å². The van der Waals surface area contributed by atoms with Gasteiger partial charge in [0.15, 0.2) is 5.82 Å². The molecule has 16 heavy (non-hydrogen) atoms. The van der Waals surface area contributed by atoms with E-state index in [1.807, 2.05) is 31.0 Å². The van der Waals surface area contributed by atoms with Crippen LogP contribution < -0.4 is 10.6 Å². The summed E-state index contributed by atoms with van der Waals surface area (Å²) in [5.41, 5.74) is 8.16. The maximum atomic E-state index is 5.86. The van der Waals surface area contributed by atoms with Crippen molar-refractivity contribution in [2.24, 2.45) is 0 Å². The highest BCUT2D eigenvalue weighted by Gasteiger charge is 2.11. The number of aromatic nitrogens is 2. The van der Waals surface area contributed by atoms with Gasteiger partial charge in [0.25, 0.3) is 0 Å². The predicted octanol–water partition coefficient (Wildman–Crippen LogP) is 2.38. The Bertz CT molecular complexity index is 501. The topological polar surface area (TPSA) is 57.9 Å². The van der Waals surface area contributed by atoms with E-state index in [4.69, 9.17) is 5.73 Å². The van der Waals surface area contributed by atoms with E-state index >= 15 is 0 Å². The molecule has 1 heterocycles. The fraction of sp³-hybridized carbons (Fsp3) is 0.250. The first-order chi connectivity index (χ1) is 7.58. The van der Waals surface area contributed by atoms with Gasteiger partial charge in [-0.15, -0.1) is 0 Å². The van der Waals surface area contributed by atoms with Crippen LogP contribution in [0, 0.1) is 13.8 Å². The third-order valence-corrected chi connectivity index (χ3v) is 2.54. The molecule has 1 aromatic carbocycles. The highest BCUT2D eigenvalue weighted by Crippen LogP contribution is 2.26. The van der Waals surface area contributed by atoms with E-state index in [9.17, 15) is 0 Å². The average Bonchev–Trinajstić information content (AvgIpc) is 2.57. The summed E-state index contributed by atoms with van der Waals surface area (Å²) in [7, 11) is 1.96. The van der Waals surface area contributed by atoms with Gasteiger partial charge in [-0.3, -0.25) is 0 Å². The van der Waals surface area contributed by atoms with Crippen molar-refractivity contribution in [3.8, 4) is 0 Å². The Morgan fingerprint density at radius 2 is 2.06 bits per heavy atom. The third kappa shape index (κ3) is 1.86. The summed E-state index contributed by atoms with van der Waals surface area (Å²) in [6.07, 6.45) is 0. The first-order valence-corrected chi connectivity index (χ1v) is 5.20. The van der Waals surface area contributed by atoms with Gasteiger partial charge in [-0.25, -0.2) is 4.98 Å². The van der Waals surface area contributed by atoms with Gasteiger partial charge in [-0.05, 0) is 31.5 Å². The van der Waals surface area contributed by atoms with Crippen molar-refractivity contribution < 1.29 is 0 Å². The molecule has 0 fully saturated rings. The number of imidazole rings is 1. The van der Waals surface area contributed by atoms with E-state index in [2.05, 4.69) is 29.0 Å². The summed E-state index contributed by atoms with van der Waals surface area (Å²) in [6.45, 7) is 3.96. The molecule has 0 aliphatic heterocycles. The lowest BCUT2D eigenvalue weighted by Gasteiger charge is -2.17. The van der Waals surface area contributed by atoms with Crippen LogP contribution in [-0.2, 0) is 0 Å².